The molecule has 3 N–H and O–H groups in total. The summed E-state index contributed by atoms with van der Waals surface area (Å²) in [5.74, 6) is -0.0244. The Morgan fingerprint density at radius 2 is 2.15 bits per heavy atom. The number of benzene rings is 1. The van der Waals surface area contributed by atoms with Gasteiger partial charge < -0.3 is 16.0 Å². The third kappa shape index (κ3) is 3.63. The fourth-order valence-corrected chi connectivity index (χ4v) is 3.04. The first-order chi connectivity index (χ1) is 12.4. The van der Waals surface area contributed by atoms with Gasteiger partial charge in [0, 0.05) is 23.8 Å². The standard InChI is InChI=1S/C18H21ClN6O/c1-11-7-16-21-9-14(17(20)25(16)23-11)18(26)22-10-15(24(2)3)12-5-4-6-13(19)8-12/h4-9,15H,10,20H2,1-3H3,(H,22,26)/t15-/m0/s1. The van der Waals surface area contributed by atoms with Crippen LogP contribution >= 0.6 is 11.6 Å². The van der Waals surface area contributed by atoms with Gasteiger partial charge in [0.05, 0.1) is 17.3 Å². The Hall–Kier alpha value is -2.64. The maximum atomic E-state index is 12.6. The molecule has 1 atom stereocenters. The molecule has 3 aromatic rings. The van der Waals surface area contributed by atoms with Crippen molar-refractivity contribution in [3.63, 3.8) is 0 Å². The number of nitrogens with zero attached hydrogens (tertiary/aromatic N) is 4. The molecule has 0 bridgehead atoms. The molecule has 0 radical (unpaired) electrons. The molecule has 0 aliphatic rings. The molecule has 3 rings (SSSR count). The summed E-state index contributed by atoms with van der Waals surface area (Å²) in [5, 5.41) is 7.85. The van der Waals surface area contributed by atoms with Gasteiger partial charge in [0.2, 0.25) is 0 Å². The summed E-state index contributed by atoms with van der Waals surface area (Å²) in [6.07, 6.45) is 1.48. The Labute approximate surface area is 156 Å². The molecule has 2 heterocycles. The number of carbonyl (C=O) groups excluding carboxylic acids is 1. The molecule has 0 saturated heterocycles. The van der Waals surface area contributed by atoms with Crippen LogP contribution in [0, 0.1) is 6.92 Å². The minimum Gasteiger partial charge on any atom is -0.383 e. The van der Waals surface area contributed by atoms with Crippen molar-refractivity contribution in [1.29, 1.82) is 0 Å². The zero-order valence-electron chi connectivity index (χ0n) is 14.9. The van der Waals surface area contributed by atoms with Crippen LogP contribution in [0.2, 0.25) is 5.02 Å². The molecule has 0 spiro atoms. The number of nitrogen functional groups attached to an aromatic ring is 1. The molecular weight excluding hydrogens is 352 g/mol. The summed E-state index contributed by atoms with van der Waals surface area (Å²) in [5.41, 5.74) is 8.82. The smallest absolute Gasteiger partial charge is 0.256 e. The van der Waals surface area contributed by atoms with Gasteiger partial charge >= 0.3 is 0 Å². The monoisotopic (exact) mass is 372 g/mol. The maximum absolute atomic E-state index is 12.6. The lowest BCUT2D eigenvalue weighted by Crippen LogP contribution is -2.35. The second kappa shape index (κ2) is 7.31. The highest BCUT2D eigenvalue weighted by Crippen LogP contribution is 2.21. The maximum Gasteiger partial charge on any atom is 0.256 e. The van der Waals surface area contributed by atoms with E-state index in [0.29, 0.717) is 22.8 Å². The van der Waals surface area contributed by atoms with Crippen LogP contribution in [0.1, 0.15) is 27.7 Å². The molecule has 0 aliphatic carbocycles. The fourth-order valence-electron chi connectivity index (χ4n) is 2.84. The lowest BCUT2D eigenvalue weighted by molar-refractivity contribution is 0.0942. The number of halogens is 1. The van der Waals surface area contributed by atoms with Crippen molar-refractivity contribution in [1.82, 2.24) is 24.8 Å². The average molecular weight is 373 g/mol. The Kier molecular flexibility index (Phi) is 5.11. The molecule has 2 aromatic heterocycles. The number of anilines is 1. The number of likely N-dealkylation sites (N-methyl/N-ethyl adjacent to an activating group) is 1. The van der Waals surface area contributed by atoms with E-state index in [-0.39, 0.29) is 17.8 Å². The average Bonchev–Trinajstić information content (AvgIpc) is 2.96. The minimum absolute atomic E-state index is 0.0255. The molecule has 1 aromatic carbocycles. The number of nitrogens with two attached hydrogens (primary N) is 1. The van der Waals surface area contributed by atoms with Crippen molar-refractivity contribution in [3.05, 3.63) is 58.4 Å². The molecule has 0 unspecified atom stereocenters. The number of fused-ring (bicyclic) bond motifs is 1. The Bertz CT molecular complexity index is 952. The van der Waals surface area contributed by atoms with Crippen LogP contribution in [0.15, 0.2) is 36.5 Å². The largest absolute Gasteiger partial charge is 0.383 e. The van der Waals surface area contributed by atoms with Gasteiger partial charge in [-0.25, -0.2) is 4.98 Å². The van der Waals surface area contributed by atoms with Crippen molar-refractivity contribution in [2.45, 2.75) is 13.0 Å². The Morgan fingerprint density at radius 1 is 1.38 bits per heavy atom. The van der Waals surface area contributed by atoms with Crippen LogP contribution in [0.25, 0.3) is 5.65 Å². The molecule has 26 heavy (non-hydrogen) atoms. The van der Waals surface area contributed by atoms with Gasteiger partial charge in [-0.05, 0) is 38.7 Å². The number of rotatable bonds is 5. The molecule has 0 saturated carbocycles. The van der Waals surface area contributed by atoms with Crippen LogP contribution in [0.5, 0.6) is 0 Å². The van der Waals surface area contributed by atoms with Gasteiger partial charge in [-0.1, -0.05) is 23.7 Å². The van der Waals surface area contributed by atoms with E-state index in [1.807, 2.05) is 50.2 Å². The molecule has 1 amide bonds. The number of amides is 1. The molecule has 7 nitrogen and oxygen atoms in total. The summed E-state index contributed by atoms with van der Waals surface area (Å²) in [6.45, 7) is 2.25. The first-order valence-corrected chi connectivity index (χ1v) is 8.55. The summed E-state index contributed by atoms with van der Waals surface area (Å²) in [6, 6.07) is 9.38. The normalized spacial score (nSPS) is 12.5. The van der Waals surface area contributed by atoms with Crippen molar-refractivity contribution in [3.8, 4) is 0 Å². The highest BCUT2D eigenvalue weighted by molar-refractivity contribution is 6.30. The van der Waals surface area contributed by atoms with Crippen molar-refractivity contribution >= 4 is 29.0 Å². The highest BCUT2D eigenvalue weighted by atomic mass is 35.5. The summed E-state index contributed by atoms with van der Waals surface area (Å²) in [4.78, 5) is 18.9. The second-order valence-corrected chi connectivity index (χ2v) is 6.79. The van der Waals surface area contributed by atoms with Crippen LogP contribution < -0.4 is 11.1 Å². The number of aromatic nitrogens is 3. The van der Waals surface area contributed by atoms with Gasteiger partial charge in [0.25, 0.3) is 5.91 Å². The molecule has 0 fully saturated rings. The summed E-state index contributed by atoms with van der Waals surface area (Å²) >= 11 is 6.09. The lowest BCUT2D eigenvalue weighted by atomic mass is 10.1. The molecular formula is C18H21ClN6O. The Morgan fingerprint density at radius 3 is 2.85 bits per heavy atom. The van der Waals surface area contributed by atoms with Crippen LogP contribution in [0.3, 0.4) is 0 Å². The number of aryl methyl sites for hydroxylation is 1. The first kappa shape index (κ1) is 18.2. The predicted molar refractivity (Wildman–Crippen MR) is 102 cm³/mol. The molecule has 8 heteroatoms. The molecule has 136 valence electrons. The van der Waals surface area contributed by atoms with E-state index < -0.39 is 0 Å². The summed E-state index contributed by atoms with van der Waals surface area (Å²) < 4.78 is 1.48. The SMILES string of the molecule is Cc1cc2ncc(C(=O)NC[C@@H](c3cccc(Cl)c3)N(C)C)c(N)n2n1. The van der Waals surface area contributed by atoms with Gasteiger partial charge in [0.1, 0.15) is 5.82 Å². The van der Waals surface area contributed by atoms with E-state index in [4.69, 9.17) is 17.3 Å². The minimum atomic E-state index is -0.293. The fraction of sp³-hybridized carbons (Fsp3) is 0.278. The van der Waals surface area contributed by atoms with E-state index in [2.05, 4.69) is 15.4 Å². The van der Waals surface area contributed by atoms with Crippen LogP contribution in [0.4, 0.5) is 5.82 Å². The lowest BCUT2D eigenvalue weighted by Gasteiger charge is -2.25. The van der Waals surface area contributed by atoms with Crippen molar-refractivity contribution < 1.29 is 4.79 Å². The highest BCUT2D eigenvalue weighted by Gasteiger charge is 2.19. The van der Waals surface area contributed by atoms with Gasteiger partial charge in [0.15, 0.2) is 5.65 Å². The van der Waals surface area contributed by atoms with Crippen molar-refractivity contribution in [2.24, 2.45) is 0 Å². The number of nitrogens with one attached hydrogen (secondary N) is 1. The third-order valence-corrected chi connectivity index (χ3v) is 4.44. The second-order valence-electron chi connectivity index (χ2n) is 6.36. The zero-order chi connectivity index (χ0) is 18.8. The number of hydrogen-bond donors (Lipinski definition) is 2. The molecule has 0 aliphatic heterocycles. The van der Waals surface area contributed by atoms with E-state index >= 15 is 0 Å². The van der Waals surface area contributed by atoms with E-state index in [1.165, 1.54) is 10.7 Å². The Balaban J connectivity index is 1.79. The summed E-state index contributed by atoms with van der Waals surface area (Å²) in [7, 11) is 3.90. The third-order valence-electron chi connectivity index (χ3n) is 4.20. The van der Waals surface area contributed by atoms with E-state index in [0.717, 1.165) is 11.3 Å². The number of hydrogen-bond acceptors (Lipinski definition) is 5. The van der Waals surface area contributed by atoms with Gasteiger partial charge in [-0.15, -0.1) is 0 Å². The van der Waals surface area contributed by atoms with Gasteiger partial charge in [-0.2, -0.15) is 9.61 Å². The topological polar surface area (TPSA) is 88.5 Å². The predicted octanol–water partition coefficient (Wildman–Crippen LogP) is 2.31. The van der Waals surface area contributed by atoms with E-state index in [1.54, 1.807) is 6.07 Å². The number of carbonyl (C=O) groups is 1. The van der Waals surface area contributed by atoms with Gasteiger partial charge in [-0.3, -0.25) is 4.79 Å². The van der Waals surface area contributed by atoms with Crippen molar-refractivity contribution in [2.75, 3.05) is 26.4 Å². The van der Waals surface area contributed by atoms with Crippen LogP contribution in [-0.4, -0.2) is 46.0 Å². The zero-order valence-corrected chi connectivity index (χ0v) is 15.7. The first-order valence-electron chi connectivity index (χ1n) is 8.17. The van der Waals surface area contributed by atoms with E-state index in [9.17, 15) is 4.79 Å². The van der Waals surface area contributed by atoms with Crippen LogP contribution in [-0.2, 0) is 0 Å². The quantitative estimate of drug-likeness (QED) is 0.717.